The lowest BCUT2D eigenvalue weighted by molar-refractivity contribution is 0.340. The van der Waals surface area contributed by atoms with E-state index in [-0.39, 0.29) is 12.1 Å². The van der Waals surface area contributed by atoms with E-state index >= 15 is 0 Å². The second kappa shape index (κ2) is 6.83. The molecule has 0 spiro atoms. The van der Waals surface area contributed by atoms with Crippen LogP contribution in [0.3, 0.4) is 0 Å². The number of ether oxygens (including phenoxy) is 1. The summed E-state index contributed by atoms with van der Waals surface area (Å²) in [5, 5.41) is 7.98. The van der Waals surface area contributed by atoms with Crippen molar-refractivity contribution in [3.8, 4) is 5.75 Å². The van der Waals surface area contributed by atoms with Crippen molar-refractivity contribution in [1.82, 2.24) is 14.8 Å². The first-order valence-electron chi connectivity index (χ1n) is 9.11. The number of hydrogen-bond acceptors (Lipinski definition) is 4. The lowest BCUT2D eigenvalue weighted by atomic mass is 9.92. The molecule has 0 radical (unpaired) electrons. The van der Waals surface area contributed by atoms with Gasteiger partial charge in [-0.15, -0.1) is 0 Å². The lowest BCUT2D eigenvalue weighted by Crippen LogP contribution is -2.28. The molecule has 26 heavy (non-hydrogen) atoms. The number of aryl methyl sites for hydroxylation is 2. The van der Waals surface area contributed by atoms with E-state index in [1.54, 1.807) is 6.33 Å². The molecule has 134 valence electrons. The van der Waals surface area contributed by atoms with Gasteiger partial charge in [-0.1, -0.05) is 30.3 Å². The third kappa shape index (κ3) is 3.05. The summed E-state index contributed by atoms with van der Waals surface area (Å²) in [6.07, 6.45) is 2.54. The fourth-order valence-electron chi connectivity index (χ4n) is 3.55. The van der Waals surface area contributed by atoms with Crippen molar-refractivity contribution in [3.05, 3.63) is 71.0 Å². The maximum atomic E-state index is 5.57. The largest absolute Gasteiger partial charge is 0.494 e. The number of benzene rings is 2. The van der Waals surface area contributed by atoms with E-state index in [2.05, 4.69) is 59.6 Å². The molecule has 0 saturated heterocycles. The molecule has 4 rings (SSSR count). The van der Waals surface area contributed by atoms with Gasteiger partial charge in [0.05, 0.1) is 18.7 Å². The maximum Gasteiger partial charge on any atom is 0.222 e. The standard InChI is InChI=1S/C21H24N4O/c1-4-26-18-9-7-16(8-10-18)20-12-19(24-21-22-13-23-25(20)21)17-6-5-14(2)15(3)11-17/h5-11,13,19-20H,4,12H2,1-3H3,(H,22,23,24)/t19-,20+/m0/s1. The van der Waals surface area contributed by atoms with Crippen molar-refractivity contribution in [1.29, 1.82) is 0 Å². The van der Waals surface area contributed by atoms with Gasteiger partial charge in [0.15, 0.2) is 0 Å². The normalized spacial score (nSPS) is 18.9. The molecule has 1 aliphatic rings. The average Bonchev–Trinajstić information content (AvgIpc) is 3.13. The van der Waals surface area contributed by atoms with Crippen LogP contribution in [0.4, 0.5) is 5.95 Å². The monoisotopic (exact) mass is 348 g/mol. The summed E-state index contributed by atoms with van der Waals surface area (Å²) in [5.41, 5.74) is 5.14. The number of rotatable bonds is 4. The number of fused-ring (bicyclic) bond motifs is 1. The molecule has 1 aliphatic heterocycles. The second-order valence-corrected chi connectivity index (χ2v) is 6.82. The van der Waals surface area contributed by atoms with Crippen LogP contribution in [0.5, 0.6) is 5.75 Å². The highest BCUT2D eigenvalue weighted by Gasteiger charge is 2.30. The van der Waals surface area contributed by atoms with Crippen molar-refractivity contribution in [2.24, 2.45) is 0 Å². The first-order chi connectivity index (χ1) is 12.7. The molecule has 1 N–H and O–H groups in total. The van der Waals surface area contributed by atoms with E-state index < -0.39 is 0 Å². The van der Waals surface area contributed by atoms with Crippen molar-refractivity contribution in [3.63, 3.8) is 0 Å². The Morgan fingerprint density at radius 2 is 1.85 bits per heavy atom. The molecule has 0 aliphatic carbocycles. The molecule has 0 saturated carbocycles. The van der Waals surface area contributed by atoms with Gasteiger partial charge in [-0.05, 0) is 61.6 Å². The topological polar surface area (TPSA) is 52.0 Å². The van der Waals surface area contributed by atoms with Crippen LogP contribution < -0.4 is 10.1 Å². The summed E-state index contributed by atoms with van der Waals surface area (Å²) < 4.78 is 7.55. The van der Waals surface area contributed by atoms with Crippen LogP contribution >= 0.6 is 0 Å². The third-order valence-electron chi connectivity index (χ3n) is 5.14. The van der Waals surface area contributed by atoms with Crippen LogP contribution in [0, 0.1) is 13.8 Å². The van der Waals surface area contributed by atoms with E-state index in [0.29, 0.717) is 6.61 Å². The van der Waals surface area contributed by atoms with E-state index in [1.165, 1.54) is 22.3 Å². The Labute approximate surface area is 154 Å². The van der Waals surface area contributed by atoms with E-state index in [0.717, 1.165) is 18.1 Å². The smallest absolute Gasteiger partial charge is 0.222 e. The number of nitrogens with one attached hydrogen (secondary N) is 1. The molecule has 5 nitrogen and oxygen atoms in total. The Bertz CT molecular complexity index is 901. The zero-order valence-corrected chi connectivity index (χ0v) is 15.4. The summed E-state index contributed by atoms with van der Waals surface area (Å²) in [4.78, 5) is 4.41. The molecule has 0 amide bonds. The zero-order valence-electron chi connectivity index (χ0n) is 15.4. The van der Waals surface area contributed by atoms with Crippen LogP contribution in [-0.4, -0.2) is 21.4 Å². The van der Waals surface area contributed by atoms with Crippen LogP contribution in [-0.2, 0) is 0 Å². The molecule has 3 aromatic rings. The SMILES string of the molecule is CCOc1ccc([C@H]2C[C@@H](c3ccc(C)c(C)c3)Nc3ncnn32)cc1. The molecule has 0 fully saturated rings. The minimum Gasteiger partial charge on any atom is -0.494 e. The summed E-state index contributed by atoms with van der Waals surface area (Å²) in [6, 6.07) is 15.4. The van der Waals surface area contributed by atoms with Gasteiger partial charge in [-0.25, -0.2) is 4.68 Å². The minimum absolute atomic E-state index is 0.149. The lowest BCUT2D eigenvalue weighted by Gasteiger charge is -2.32. The Morgan fingerprint density at radius 1 is 1.08 bits per heavy atom. The Morgan fingerprint density at radius 3 is 2.58 bits per heavy atom. The Hall–Kier alpha value is -2.82. The summed E-state index contributed by atoms with van der Waals surface area (Å²) in [7, 11) is 0. The molecule has 1 aromatic heterocycles. The van der Waals surface area contributed by atoms with Gasteiger partial charge in [0, 0.05) is 0 Å². The fraction of sp³-hybridized carbons (Fsp3) is 0.333. The third-order valence-corrected chi connectivity index (χ3v) is 5.14. The quantitative estimate of drug-likeness (QED) is 0.757. The number of anilines is 1. The Balaban J connectivity index is 1.67. The summed E-state index contributed by atoms with van der Waals surface area (Å²) in [6.45, 7) is 6.98. The first-order valence-corrected chi connectivity index (χ1v) is 9.11. The number of aromatic nitrogens is 3. The molecular weight excluding hydrogens is 324 g/mol. The highest BCUT2D eigenvalue weighted by molar-refractivity contribution is 5.41. The highest BCUT2D eigenvalue weighted by atomic mass is 16.5. The second-order valence-electron chi connectivity index (χ2n) is 6.82. The molecule has 0 bridgehead atoms. The van der Waals surface area contributed by atoms with Crippen LogP contribution in [0.15, 0.2) is 48.8 Å². The van der Waals surface area contributed by atoms with Crippen molar-refractivity contribution in [2.45, 2.75) is 39.3 Å². The zero-order chi connectivity index (χ0) is 18.1. The molecular formula is C21H24N4O. The fourth-order valence-corrected chi connectivity index (χ4v) is 3.55. The summed E-state index contributed by atoms with van der Waals surface area (Å²) in [5.74, 6) is 1.72. The van der Waals surface area contributed by atoms with Gasteiger partial charge in [0.25, 0.3) is 0 Å². The van der Waals surface area contributed by atoms with Gasteiger partial charge in [-0.2, -0.15) is 10.1 Å². The minimum atomic E-state index is 0.149. The van der Waals surface area contributed by atoms with Crippen molar-refractivity contribution < 1.29 is 4.74 Å². The van der Waals surface area contributed by atoms with Crippen LogP contribution in [0.1, 0.15) is 47.7 Å². The first kappa shape index (κ1) is 16.6. The van der Waals surface area contributed by atoms with Gasteiger partial charge in [-0.3, -0.25) is 0 Å². The summed E-state index contributed by atoms with van der Waals surface area (Å²) >= 11 is 0. The number of nitrogens with zero attached hydrogens (tertiary/aromatic N) is 3. The van der Waals surface area contributed by atoms with Gasteiger partial charge >= 0.3 is 0 Å². The van der Waals surface area contributed by atoms with Gasteiger partial charge < -0.3 is 10.1 Å². The van der Waals surface area contributed by atoms with Crippen LogP contribution in [0.2, 0.25) is 0 Å². The van der Waals surface area contributed by atoms with E-state index in [4.69, 9.17) is 4.74 Å². The van der Waals surface area contributed by atoms with Gasteiger partial charge in [0.2, 0.25) is 5.95 Å². The van der Waals surface area contributed by atoms with E-state index in [9.17, 15) is 0 Å². The predicted molar refractivity (Wildman–Crippen MR) is 103 cm³/mol. The molecule has 2 heterocycles. The molecule has 5 heteroatoms. The Kier molecular flexibility index (Phi) is 4.37. The number of hydrogen-bond donors (Lipinski definition) is 1. The highest BCUT2D eigenvalue weighted by Crippen LogP contribution is 2.38. The van der Waals surface area contributed by atoms with Crippen molar-refractivity contribution in [2.75, 3.05) is 11.9 Å². The van der Waals surface area contributed by atoms with Crippen LogP contribution in [0.25, 0.3) is 0 Å². The molecule has 2 aromatic carbocycles. The van der Waals surface area contributed by atoms with E-state index in [1.807, 2.05) is 23.7 Å². The predicted octanol–water partition coefficient (Wildman–Crippen LogP) is 4.44. The maximum absolute atomic E-state index is 5.57. The average molecular weight is 348 g/mol. The van der Waals surface area contributed by atoms with Gasteiger partial charge in [0.1, 0.15) is 12.1 Å². The van der Waals surface area contributed by atoms with Crippen molar-refractivity contribution >= 4 is 5.95 Å². The molecule has 0 unspecified atom stereocenters. The molecule has 2 atom stereocenters.